The quantitative estimate of drug-likeness (QED) is 0.325. The maximum atomic E-state index is 3.49. The zero-order valence-electron chi connectivity index (χ0n) is 3.28. The Labute approximate surface area is 43.9 Å². The van der Waals surface area contributed by atoms with Crippen molar-refractivity contribution in [3.05, 3.63) is 12.3 Å². The Kier molecular flexibility index (Phi) is 4.52. The first-order valence-electron chi connectivity index (χ1n) is 1.45. The Balaban J connectivity index is 3.00. The van der Waals surface area contributed by atoms with Crippen LogP contribution in [-0.2, 0) is 0 Å². The van der Waals surface area contributed by atoms with Crippen LogP contribution in [-0.4, -0.2) is 19.8 Å². The molecule has 0 nitrogen and oxygen atoms in total. The van der Waals surface area contributed by atoms with E-state index in [1.54, 1.807) is 5.70 Å². The molecule has 0 bridgehead atoms. The van der Waals surface area contributed by atoms with Crippen LogP contribution in [0.15, 0.2) is 12.3 Å². The van der Waals surface area contributed by atoms with Crippen LogP contribution in [0.4, 0.5) is 0 Å². The van der Waals surface area contributed by atoms with Gasteiger partial charge in [-0.2, -0.15) is 0 Å². The fraction of sp³-hybridized carbons (Fsp3) is 0. The molecule has 0 heterocycles. The second-order valence-corrected chi connectivity index (χ2v) is 1.80. The molecule has 0 saturated carbocycles. The summed E-state index contributed by atoms with van der Waals surface area (Å²) in [6.07, 6.45) is 0. The molecule has 27 valence electrons. The molecule has 0 aromatic carbocycles. The Morgan fingerprint density at radius 3 is 2.67 bits per heavy atom. The van der Waals surface area contributed by atoms with E-state index in [0.717, 1.165) is 0 Å². The van der Waals surface area contributed by atoms with Crippen molar-refractivity contribution in [2.45, 2.75) is 0 Å². The van der Waals surface area contributed by atoms with Crippen LogP contribution in [0.3, 0.4) is 0 Å². The highest BCUT2D eigenvalue weighted by Gasteiger charge is 1.60. The van der Waals surface area contributed by atoms with Crippen molar-refractivity contribution in [1.82, 2.24) is 0 Å². The minimum Gasteiger partial charge on any atom is -0.145 e. The van der Waals surface area contributed by atoms with Gasteiger partial charge in [0.15, 0.2) is 9.52 Å². The minimum atomic E-state index is 0.569. The van der Waals surface area contributed by atoms with E-state index in [0.29, 0.717) is 9.52 Å². The minimum absolute atomic E-state index is 0.569. The molecule has 0 unspecified atom stereocenters. The lowest BCUT2D eigenvalue weighted by Crippen LogP contribution is -1.72. The van der Waals surface area contributed by atoms with Crippen LogP contribution < -0.4 is 0 Å². The largest absolute Gasteiger partial charge is 0.177 e. The van der Waals surface area contributed by atoms with Gasteiger partial charge >= 0.3 is 0 Å². The molecule has 5 radical (unpaired) electrons. The molecule has 0 rings (SSSR count). The summed E-state index contributed by atoms with van der Waals surface area (Å²) in [6, 6.07) is 0. The van der Waals surface area contributed by atoms with Gasteiger partial charge in [-0.05, 0) is 0 Å². The van der Waals surface area contributed by atoms with E-state index in [1.807, 2.05) is 0 Å². The summed E-state index contributed by atoms with van der Waals surface area (Å²) >= 11 is 0. The number of hydrogen-bond acceptors (Lipinski definition) is 0. The lowest BCUT2D eigenvalue weighted by atomic mass is 11.3. The average molecular weight is 107 g/mol. The van der Waals surface area contributed by atoms with Crippen LogP contribution in [0.1, 0.15) is 0 Å². The predicted molar refractivity (Wildman–Crippen MR) is 29.5 cm³/mol. The van der Waals surface area contributed by atoms with Gasteiger partial charge in [-0.15, -0.1) is 17.7 Å². The molecule has 0 aliphatic carbocycles. The van der Waals surface area contributed by atoms with Gasteiger partial charge in [0.1, 0.15) is 10.2 Å². The summed E-state index contributed by atoms with van der Waals surface area (Å²) in [6.45, 7) is 3.49. The van der Waals surface area contributed by atoms with Crippen molar-refractivity contribution in [1.29, 1.82) is 0 Å². The molecule has 0 aliphatic rings. The molecule has 0 aromatic heterocycles. The van der Waals surface area contributed by atoms with Crippen molar-refractivity contribution in [2.24, 2.45) is 0 Å². The van der Waals surface area contributed by atoms with Gasteiger partial charge < -0.3 is 0 Å². The Hall–Kier alpha value is -0.266. The summed E-state index contributed by atoms with van der Waals surface area (Å²) in [5.41, 5.74) is 7.12. The third kappa shape index (κ3) is 3.73. The number of hydrogen-bond donors (Lipinski definition) is 0. The Morgan fingerprint density at radius 1 is 1.83 bits per heavy atom. The highest BCUT2D eigenvalue weighted by Crippen LogP contribution is 1.51. The maximum Gasteiger partial charge on any atom is 0.177 e. The standard InChI is InChI=1S/C4H3Si2/c1-2-6-4-3-5/h2H,1H2. The average Bonchev–Trinajstić information content (AvgIpc) is 1.61. The topological polar surface area (TPSA) is 0 Å². The van der Waals surface area contributed by atoms with Gasteiger partial charge in [0.25, 0.3) is 0 Å². The molecular formula is C4H3Si2. The van der Waals surface area contributed by atoms with Crippen molar-refractivity contribution in [2.75, 3.05) is 0 Å². The molecule has 0 saturated heterocycles. The van der Waals surface area contributed by atoms with Crippen molar-refractivity contribution >= 4 is 19.8 Å². The summed E-state index contributed by atoms with van der Waals surface area (Å²) in [5.74, 6) is 0. The van der Waals surface area contributed by atoms with Gasteiger partial charge in [0.05, 0.1) is 0 Å². The smallest absolute Gasteiger partial charge is 0.145 e. The zero-order valence-corrected chi connectivity index (χ0v) is 5.28. The highest BCUT2D eigenvalue weighted by molar-refractivity contribution is 6.53. The fourth-order valence-corrected chi connectivity index (χ4v) is 0.478. The van der Waals surface area contributed by atoms with E-state index in [2.05, 4.69) is 27.9 Å². The Morgan fingerprint density at radius 2 is 2.50 bits per heavy atom. The summed E-state index contributed by atoms with van der Waals surface area (Å²) in [5, 5.41) is 0. The van der Waals surface area contributed by atoms with Gasteiger partial charge in [-0.25, -0.2) is 0 Å². The maximum absolute atomic E-state index is 3.49. The first-order chi connectivity index (χ1) is 2.91. The van der Waals surface area contributed by atoms with E-state index in [4.69, 9.17) is 0 Å². The van der Waals surface area contributed by atoms with E-state index in [1.165, 1.54) is 0 Å². The van der Waals surface area contributed by atoms with Crippen LogP contribution >= 0.6 is 0 Å². The first kappa shape index (κ1) is 5.73. The Bertz CT molecular complexity index is 85.5. The van der Waals surface area contributed by atoms with Crippen molar-refractivity contribution < 1.29 is 0 Å². The molecule has 0 atom stereocenters. The van der Waals surface area contributed by atoms with E-state index in [-0.39, 0.29) is 0 Å². The van der Waals surface area contributed by atoms with E-state index in [9.17, 15) is 0 Å². The van der Waals surface area contributed by atoms with Crippen LogP contribution in [0.5, 0.6) is 0 Å². The van der Waals surface area contributed by atoms with Crippen molar-refractivity contribution in [3.63, 3.8) is 0 Å². The third-order valence-electron chi connectivity index (χ3n) is 0.237. The SMILES string of the molecule is C=C[Si]C#C[Si]. The molecule has 0 aliphatic heterocycles. The van der Waals surface area contributed by atoms with Gasteiger partial charge in [0.2, 0.25) is 0 Å². The van der Waals surface area contributed by atoms with Crippen LogP contribution in [0.25, 0.3) is 0 Å². The fourth-order valence-electron chi connectivity index (χ4n) is 0.0871. The third-order valence-corrected chi connectivity index (χ3v) is 1.09. The van der Waals surface area contributed by atoms with Crippen LogP contribution in [0.2, 0.25) is 0 Å². The molecule has 2 heteroatoms. The molecule has 6 heavy (non-hydrogen) atoms. The molecule has 0 spiro atoms. The van der Waals surface area contributed by atoms with E-state index >= 15 is 0 Å². The zero-order chi connectivity index (χ0) is 4.83. The van der Waals surface area contributed by atoms with Gasteiger partial charge in [0, 0.05) is 0 Å². The summed E-state index contributed by atoms with van der Waals surface area (Å²) in [4.78, 5) is 0. The molecule has 0 aromatic rings. The highest BCUT2D eigenvalue weighted by atomic mass is 28.2. The molecule has 0 fully saturated rings. The summed E-state index contributed by atoms with van der Waals surface area (Å²) in [7, 11) is 3.56. The van der Waals surface area contributed by atoms with Crippen molar-refractivity contribution in [3.8, 4) is 11.1 Å². The second kappa shape index (κ2) is 4.73. The lowest BCUT2D eigenvalue weighted by Gasteiger charge is -1.60. The summed E-state index contributed by atoms with van der Waals surface area (Å²) < 4.78 is 0. The first-order valence-corrected chi connectivity index (χ1v) is 3.02. The molecular weight excluding hydrogens is 104 g/mol. The molecule has 0 amide bonds. The molecule has 0 N–H and O–H groups in total. The van der Waals surface area contributed by atoms with Gasteiger partial charge in [-0.3, -0.25) is 0 Å². The normalized spacial score (nSPS) is 5.50. The van der Waals surface area contributed by atoms with E-state index < -0.39 is 0 Å². The second-order valence-electron chi connectivity index (χ2n) is 0.598. The number of rotatable bonds is 1. The predicted octanol–water partition coefficient (Wildman–Crippen LogP) is -0.0790. The van der Waals surface area contributed by atoms with Crippen LogP contribution in [0, 0.1) is 11.1 Å². The van der Waals surface area contributed by atoms with Gasteiger partial charge in [-0.1, -0.05) is 5.70 Å². The monoisotopic (exact) mass is 107 g/mol. The lowest BCUT2D eigenvalue weighted by molar-refractivity contribution is 2.55.